The summed E-state index contributed by atoms with van der Waals surface area (Å²) in [5, 5.41) is 11.1. The van der Waals surface area contributed by atoms with E-state index in [0.29, 0.717) is 5.56 Å². The lowest BCUT2D eigenvalue weighted by Crippen LogP contribution is -2.26. The van der Waals surface area contributed by atoms with Crippen molar-refractivity contribution < 1.29 is 13.6 Å². The fourth-order valence-corrected chi connectivity index (χ4v) is 3.86. The number of thioether (sulfide) groups is 1. The van der Waals surface area contributed by atoms with Crippen molar-refractivity contribution in [2.75, 3.05) is 5.75 Å². The molecule has 0 aliphatic heterocycles. The van der Waals surface area contributed by atoms with Crippen LogP contribution in [0.15, 0.2) is 59.8 Å². The Morgan fingerprint density at radius 3 is 2.59 bits per heavy atom. The highest BCUT2D eigenvalue weighted by Crippen LogP contribution is 2.37. The lowest BCUT2D eigenvalue weighted by molar-refractivity contribution is -0.140. The average Bonchev–Trinajstić information content (AvgIpc) is 2.67. The molecule has 0 aliphatic rings. The molecule has 1 aromatic heterocycles. The van der Waals surface area contributed by atoms with E-state index >= 15 is 0 Å². The van der Waals surface area contributed by atoms with E-state index in [1.807, 2.05) is 30.3 Å². The summed E-state index contributed by atoms with van der Waals surface area (Å²) in [6, 6.07) is 15.1. The normalized spacial score (nSPS) is 11.3. The molecule has 0 saturated heterocycles. The molecule has 0 N–H and O–H groups in total. The van der Waals surface area contributed by atoms with Gasteiger partial charge in [-0.05, 0) is 23.1 Å². The summed E-state index contributed by atoms with van der Waals surface area (Å²) in [7, 11) is 0. The molecule has 2 aromatic carbocycles. The molecular weight excluding hydrogens is 366 g/mol. The van der Waals surface area contributed by atoms with Crippen molar-refractivity contribution in [3.8, 4) is 17.2 Å². The van der Waals surface area contributed by atoms with Crippen LogP contribution in [0.1, 0.15) is 18.9 Å². The van der Waals surface area contributed by atoms with Gasteiger partial charge >= 0.3 is 5.92 Å². The van der Waals surface area contributed by atoms with Gasteiger partial charge in [0, 0.05) is 47.3 Å². The predicted octanol–water partition coefficient (Wildman–Crippen LogP) is 5.48. The van der Waals surface area contributed by atoms with E-state index in [4.69, 9.17) is 0 Å². The molecule has 1 heterocycles. The minimum atomic E-state index is -3.30. The van der Waals surface area contributed by atoms with Crippen molar-refractivity contribution in [1.29, 1.82) is 5.26 Å². The first kappa shape index (κ1) is 19.0. The van der Waals surface area contributed by atoms with Crippen LogP contribution < -0.4 is 0 Å². The smallest absolute Gasteiger partial charge is 0.293 e. The lowest BCUT2D eigenvalue weighted by atomic mass is 9.96. The first-order valence-corrected chi connectivity index (χ1v) is 9.30. The number of carbonyl (C=O) groups is 1. The fraction of sp³-hybridized carbons (Fsp3) is 0.190. The SMILES string of the molecule is CC(=O)C(F)(F)CCSc1ccncc1-c1ccc(C#N)c2ccccc12. The first-order valence-electron chi connectivity index (χ1n) is 8.32. The molecule has 0 saturated carbocycles. The summed E-state index contributed by atoms with van der Waals surface area (Å²) in [5.74, 6) is -4.31. The molecule has 27 heavy (non-hydrogen) atoms. The van der Waals surface area contributed by atoms with Crippen LogP contribution in [0.2, 0.25) is 0 Å². The number of nitrogens with zero attached hydrogens (tertiary/aromatic N) is 2. The fourth-order valence-electron chi connectivity index (χ4n) is 2.81. The zero-order chi connectivity index (χ0) is 19.4. The number of aromatic nitrogens is 1. The minimum Gasteiger partial charge on any atom is -0.293 e. The van der Waals surface area contributed by atoms with Gasteiger partial charge in [-0.1, -0.05) is 30.3 Å². The number of nitriles is 1. The van der Waals surface area contributed by atoms with Crippen molar-refractivity contribution in [3.05, 3.63) is 60.4 Å². The molecule has 3 aromatic rings. The van der Waals surface area contributed by atoms with Crippen molar-refractivity contribution in [1.82, 2.24) is 4.98 Å². The molecule has 6 heteroatoms. The maximum absolute atomic E-state index is 13.6. The molecule has 136 valence electrons. The van der Waals surface area contributed by atoms with Crippen LogP contribution in [0.5, 0.6) is 0 Å². The van der Waals surface area contributed by atoms with E-state index in [1.165, 1.54) is 11.8 Å². The van der Waals surface area contributed by atoms with E-state index < -0.39 is 18.1 Å². The van der Waals surface area contributed by atoms with Gasteiger partial charge in [-0.25, -0.2) is 0 Å². The Morgan fingerprint density at radius 1 is 1.15 bits per heavy atom. The van der Waals surface area contributed by atoms with Gasteiger partial charge in [0.25, 0.3) is 0 Å². The molecule has 0 unspecified atom stereocenters. The lowest BCUT2D eigenvalue weighted by Gasteiger charge is -2.14. The van der Waals surface area contributed by atoms with Crippen LogP contribution in [-0.4, -0.2) is 22.4 Å². The maximum Gasteiger partial charge on any atom is 0.305 e. The van der Waals surface area contributed by atoms with Crippen molar-refractivity contribution in [2.24, 2.45) is 0 Å². The van der Waals surface area contributed by atoms with Gasteiger partial charge in [0.2, 0.25) is 0 Å². The third-order valence-electron chi connectivity index (χ3n) is 4.30. The summed E-state index contributed by atoms with van der Waals surface area (Å²) >= 11 is 1.27. The molecule has 0 aliphatic carbocycles. The van der Waals surface area contributed by atoms with Crippen LogP contribution in [0.3, 0.4) is 0 Å². The van der Waals surface area contributed by atoms with Crippen LogP contribution in [0.4, 0.5) is 8.78 Å². The van der Waals surface area contributed by atoms with Crippen LogP contribution in [-0.2, 0) is 4.79 Å². The Labute approximate surface area is 160 Å². The van der Waals surface area contributed by atoms with E-state index in [2.05, 4.69) is 11.1 Å². The van der Waals surface area contributed by atoms with Gasteiger partial charge in [-0.15, -0.1) is 11.8 Å². The number of rotatable bonds is 6. The number of hydrogen-bond donors (Lipinski definition) is 0. The Balaban J connectivity index is 1.97. The molecule has 0 bridgehead atoms. The number of alkyl halides is 2. The van der Waals surface area contributed by atoms with Crippen LogP contribution in [0, 0.1) is 11.3 Å². The largest absolute Gasteiger partial charge is 0.305 e. The molecule has 0 amide bonds. The number of pyridine rings is 1. The summed E-state index contributed by atoms with van der Waals surface area (Å²) < 4.78 is 27.1. The maximum atomic E-state index is 13.6. The van der Waals surface area contributed by atoms with E-state index in [-0.39, 0.29) is 5.75 Å². The second-order valence-electron chi connectivity index (χ2n) is 6.05. The molecule has 0 atom stereocenters. The molecule has 3 rings (SSSR count). The number of ketones is 1. The minimum absolute atomic E-state index is 0.109. The summed E-state index contributed by atoms with van der Waals surface area (Å²) in [5.41, 5.74) is 2.28. The van der Waals surface area contributed by atoms with Crippen LogP contribution in [0.25, 0.3) is 21.9 Å². The van der Waals surface area contributed by atoms with Gasteiger partial charge in [0.15, 0.2) is 5.78 Å². The van der Waals surface area contributed by atoms with E-state index in [0.717, 1.165) is 33.7 Å². The average molecular weight is 382 g/mol. The van der Waals surface area contributed by atoms with Crippen molar-refractivity contribution >= 4 is 28.3 Å². The topological polar surface area (TPSA) is 53.8 Å². The second kappa shape index (κ2) is 7.85. The Bertz CT molecular complexity index is 1040. The van der Waals surface area contributed by atoms with Gasteiger partial charge in [-0.3, -0.25) is 9.78 Å². The summed E-state index contributed by atoms with van der Waals surface area (Å²) in [6.45, 7) is 0.908. The Morgan fingerprint density at radius 2 is 1.89 bits per heavy atom. The highest BCUT2D eigenvalue weighted by molar-refractivity contribution is 7.99. The van der Waals surface area contributed by atoms with E-state index in [1.54, 1.807) is 24.5 Å². The quantitative estimate of drug-likeness (QED) is 0.530. The third-order valence-corrected chi connectivity index (χ3v) is 5.38. The first-order chi connectivity index (χ1) is 12.9. The highest BCUT2D eigenvalue weighted by Gasteiger charge is 2.34. The molecule has 0 radical (unpaired) electrons. The number of carbonyl (C=O) groups excluding carboxylic acids is 1. The molecular formula is C21H16F2N2OS. The van der Waals surface area contributed by atoms with Gasteiger partial charge in [0.05, 0.1) is 11.6 Å². The zero-order valence-corrected chi connectivity index (χ0v) is 15.4. The van der Waals surface area contributed by atoms with Crippen molar-refractivity contribution in [2.45, 2.75) is 24.2 Å². The van der Waals surface area contributed by atoms with Crippen LogP contribution >= 0.6 is 11.8 Å². The monoisotopic (exact) mass is 382 g/mol. The number of halogens is 2. The zero-order valence-electron chi connectivity index (χ0n) is 14.6. The summed E-state index contributed by atoms with van der Waals surface area (Å²) in [6.07, 6.45) is 2.79. The second-order valence-corrected chi connectivity index (χ2v) is 7.19. The summed E-state index contributed by atoms with van der Waals surface area (Å²) in [4.78, 5) is 16.0. The number of benzene rings is 2. The number of fused-ring (bicyclic) bond motifs is 1. The molecule has 0 fully saturated rings. The molecule has 3 nitrogen and oxygen atoms in total. The van der Waals surface area contributed by atoms with Crippen molar-refractivity contribution in [3.63, 3.8) is 0 Å². The number of Topliss-reactive ketones (excluding diaryl/α,β-unsaturated/α-hetero) is 1. The molecule has 0 spiro atoms. The van der Waals surface area contributed by atoms with Gasteiger partial charge in [-0.2, -0.15) is 14.0 Å². The van der Waals surface area contributed by atoms with Gasteiger partial charge in [0.1, 0.15) is 0 Å². The third kappa shape index (κ3) is 3.99. The highest BCUT2D eigenvalue weighted by atomic mass is 32.2. The van der Waals surface area contributed by atoms with Gasteiger partial charge < -0.3 is 0 Å². The Kier molecular flexibility index (Phi) is 5.52. The predicted molar refractivity (Wildman–Crippen MR) is 103 cm³/mol. The van der Waals surface area contributed by atoms with E-state index in [9.17, 15) is 18.8 Å². The Hall–Kier alpha value is -2.78. The standard InChI is InChI=1S/C21H16F2N2OS/c1-14(26)21(22,23)9-11-27-20-8-10-25-13-19(20)18-7-6-15(12-24)16-4-2-3-5-17(16)18/h2-8,10,13H,9,11H2,1H3. The number of hydrogen-bond acceptors (Lipinski definition) is 4.